The predicted octanol–water partition coefficient (Wildman–Crippen LogP) is 3.73. The fourth-order valence-electron chi connectivity index (χ4n) is 1.70. The average Bonchev–Trinajstić information content (AvgIpc) is 2.77. The standard InChI is InChI=1S/C13H16ClN3/c1-3-17-9-13(8-15-17)16-10(2)11-4-6-12(14)7-5-11/h4-10,16H,3H2,1-2H3. The van der Waals surface area contributed by atoms with Crippen molar-refractivity contribution in [3.63, 3.8) is 0 Å². The Labute approximate surface area is 106 Å². The summed E-state index contributed by atoms with van der Waals surface area (Å²) in [6.07, 6.45) is 3.85. The molecule has 2 aromatic rings. The molecule has 17 heavy (non-hydrogen) atoms. The van der Waals surface area contributed by atoms with E-state index in [0.29, 0.717) is 0 Å². The summed E-state index contributed by atoms with van der Waals surface area (Å²) in [6, 6.07) is 8.12. The van der Waals surface area contributed by atoms with Gasteiger partial charge in [0.1, 0.15) is 0 Å². The smallest absolute Gasteiger partial charge is 0.0731 e. The Morgan fingerprint density at radius 3 is 2.65 bits per heavy atom. The SMILES string of the molecule is CCn1cc(NC(C)c2ccc(Cl)cc2)cn1. The van der Waals surface area contributed by atoms with E-state index in [0.717, 1.165) is 17.3 Å². The summed E-state index contributed by atoms with van der Waals surface area (Å²) in [7, 11) is 0. The Bertz CT molecular complexity index is 476. The van der Waals surface area contributed by atoms with E-state index < -0.39 is 0 Å². The molecule has 1 atom stereocenters. The lowest BCUT2D eigenvalue weighted by atomic mass is 10.1. The average molecular weight is 250 g/mol. The Balaban J connectivity index is 2.05. The Kier molecular flexibility index (Phi) is 3.69. The fraction of sp³-hybridized carbons (Fsp3) is 0.308. The van der Waals surface area contributed by atoms with Gasteiger partial charge in [-0.15, -0.1) is 0 Å². The maximum atomic E-state index is 5.86. The van der Waals surface area contributed by atoms with E-state index in [1.165, 1.54) is 5.56 Å². The number of nitrogens with zero attached hydrogens (tertiary/aromatic N) is 2. The Morgan fingerprint density at radius 2 is 2.06 bits per heavy atom. The second kappa shape index (κ2) is 5.23. The monoisotopic (exact) mass is 249 g/mol. The van der Waals surface area contributed by atoms with Gasteiger partial charge in [-0.2, -0.15) is 5.10 Å². The molecule has 3 nitrogen and oxygen atoms in total. The van der Waals surface area contributed by atoms with E-state index in [2.05, 4.69) is 24.3 Å². The highest BCUT2D eigenvalue weighted by molar-refractivity contribution is 6.30. The first-order valence-corrected chi connectivity index (χ1v) is 6.11. The topological polar surface area (TPSA) is 29.9 Å². The van der Waals surface area contributed by atoms with Gasteiger partial charge in [-0.25, -0.2) is 0 Å². The summed E-state index contributed by atoms with van der Waals surface area (Å²) in [5.41, 5.74) is 2.24. The van der Waals surface area contributed by atoms with E-state index in [9.17, 15) is 0 Å². The molecule has 0 aliphatic rings. The molecule has 0 radical (unpaired) electrons. The molecule has 0 saturated heterocycles. The summed E-state index contributed by atoms with van der Waals surface area (Å²) in [5, 5.41) is 8.40. The Morgan fingerprint density at radius 1 is 1.35 bits per heavy atom. The van der Waals surface area contributed by atoms with Gasteiger partial charge < -0.3 is 5.32 Å². The lowest BCUT2D eigenvalue weighted by molar-refractivity contribution is 0.660. The number of aromatic nitrogens is 2. The van der Waals surface area contributed by atoms with Crippen molar-refractivity contribution in [2.45, 2.75) is 26.4 Å². The molecule has 0 bridgehead atoms. The van der Waals surface area contributed by atoms with Gasteiger partial charge in [-0.1, -0.05) is 23.7 Å². The van der Waals surface area contributed by atoms with Crippen LogP contribution in [0.3, 0.4) is 0 Å². The maximum Gasteiger partial charge on any atom is 0.0731 e. The highest BCUT2D eigenvalue weighted by atomic mass is 35.5. The molecule has 0 amide bonds. The van der Waals surface area contributed by atoms with Gasteiger partial charge in [-0.05, 0) is 31.5 Å². The minimum atomic E-state index is 0.238. The first-order valence-electron chi connectivity index (χ1n) is 5.73. The predicted molar refractivity (Wildman–Crippen MR) is 71.4 cm³/mol. The molecule has 4 heteroatoms. The van der Waals surface area contributed by atoms with Crippen LogP contribution in [0.1, 0.15) is 25.5 Å². The van der Waals surface area contributed by atoms with Crippen LogP contribution in [0.25, 0.3) is 0 Å². The van der Waals surface area contributed by atoms with Crippen LogP contribution in [0.4, 0.5) is 5.69 Å². The second-order valence-corrected chi connectivity index (χ2v) is 4.44. The molecule has 0 aliphatic carbocycles. The van der Waals surface area contributed by atoms with E-state index >= 15 is 0 Å². The summed E-state index contributed by atoms with van der Waals surface area (Å²) < 4.78 is 1.90. The van der Waals surface area contributed by atoms with Crippen molar-refractivity contribution in [1.82, 2.24) is 9.78 Å². The van der Waals surface area contributed by atoms with Crippen molar-refractivity contribution < 1.29 is 0 Å². The first kappa shape index (κ1) is 12.0. The Hall–Kier alpha value is -1.48. The number of benzene rings is 1. The highest BCUT2D eigenvalue weighted by Gasteiger charge is 2.06. The number of hydrogen-bond donors (Lipinski definition) is 1. The number of rotatable bonds is 4. The number of anilines is 1. The third-order valence-corrected chi connectivity index (χ3v) is 2.96. The fourth-order valence-corrected chi connectivity index (χ4v) is 1.82. The summed E-state index contributed by atoms with van der Waals surface area (Å²) in [6.45, 7) is 5.07. The molecule has 1 unspecified atom stereocenters. The molecular formula is C13H16ClN3. The van der Waals surface area contributed by atoms with Crippen LogP contribution in [0.5, 0.6) is 0 Å². The van der Waals surface area contributed by atoms with E-state index in [1.807, 2.05) is 41.3 Å². The molecule has 0 saturated carbocycles. The van der Waals surface area contributed by atoms with Gasteiger partial charge in [0.25, 0.3) is 0 Å². The molecule has 1 aromatic carbocycles. The highest BCUT2D eigenvalue weighted by Crippen LogP contribution is 2.20. The van der Waals surface area contributed by atoms with Gasteiger partial charge in [0.05, 0.1) is 11.9 Å². The molecule has 0 aliphatic heterocycles. The van der Waals surface area contributed by atoms with Crippen molar-refractivity contribution >= 4 is 17.3 Å². The van der Waals surface area contributed by atoms with E-state index in [-0.39, 0.29) is 6.04 Å². The van der Waals surface area contributed by atoms with Crippen LogP contribution in [0.15, 0.2) is 36.7 Å². The minimum Gasteiger partial charge on any atom is -0.376 e. The maximum absolute atomic E-state index is 5.86. The summed E-state index contributed by atoms with van der Waals surface area (Å²) >= 11 is 5.86. The molecular weight excluding hydrogens is 234 g/mol. The zero-order valence-corrected chi connectivity index (χ0v) is 10.8. The summed E-state index contributed by atoms with van der Waals surface area (Å²) in [5.74, 6) is 0. The molecule has 0 spiro atoms. The molecule has 2 rings (SSSR count). The second-order valence-electron chi connectivity index (χ2n) is 4.00. The number of nitrogens with one attached hydrogen (secondary N) is 1. The first-order chi connectivity index (χ1) is 8.19. The van der Waals surface area contributed by atoms with Gasteiger partial charge in [0.2, 0.25) is 0 Å². The van der Waals surface area contributed by atoms with Crippen molar-refractivity contribution in [2.75, 3.05) is 5.32 Å². The third-order valence-electron chi connectivity index (χ3n) is 2.71. The summed E-state index contributed by atoms with van der Waals surface area (Å²) in [4.78, 5) is 0. The zero-order valence-electron chi connectivity index (χ0n) is 10.0. The van der Waals surface area contributed by atoms with Crippen LogP contribution in [0.2, 0.25) is 5.02 Å². The molecule has 1 heterocycles. The number of aryl methyl sites for hydroxylation is 1. The van der Waals surface area contributed by atoms with E-state index in [1.54, 1.807) is 0 Å². The van der Waals surface area contributed by atoms with Crippen molar-refractivity contribution in [2.24, 2.45) is 0 Å². The van der Waals surface area contributed by atoms with Gasteiger partial charge in [-0.3, -0.25) is 4.68 Å². The molecule has 1 N–H and O–H groups in total. The molecule has 90 valence electrons. The lowest BCUT2D eigenvalue weighted by Crippen LogP contribution is -2.05. The van der Waals surface area contributed by atoms with Gasteiger partial charge in [0.15, 0.2) is 0 Å². The zero-order chi connectivity index (χ0) is 12.3. The van der Waals surface area contributed by atoms with Crippen LogP contribution in [-0.2, 0) is 6.54 Å². The van der Waals surface area contributed by atoms with Crippen molar-refractivity contribution in [3.05, 3.63) is 47.2 Å². The normalized spacial score (nSPS) is 12.4. The van der Waals surface area contributed by atoms with Crippen LogP contribution >= 0.6 is 11.6 Å². The van der Waals surface area contributed by atoms with Crippen molar-refractivity contribution in [3.8, 4) is 0 Å². The molecule has 0 fully saturated rings. The number of halogens is 1. The van der Waals surface area contributed by atoms with Crippen LogP contribution in [-0.4, -0.2) is 9.78 Å². The number of hydrogen-bond acceptors (Lipinski definition) is 2. The van der Waals surface area contributed by atoms with Crippen molar-refractivity contribution in [1.29, 1.82) is 0 Å². The van der Waals surface area contributed by atoms with Crippen LogP contribution in [0, 0.1) is 0 Å². The largest absolute Gasteiger partial charge is 0.376 e. The van der Waals surface area contributed by atoms with Gasteiger partial charge in [0, 0.05) is 23.8 Å². The third kappa shape index (κ3) is 3.01. The quantitative estimate of drug-likeness (QED) is 0.895. The lowest BCUT2D eigenvalue weighted by Gasteiger charge is -2.13. The van der Waals surface area contributed by atoms with Crippen LogP contribution < -0.4 is 5.32 Å². The van der Waals surface area contributed by atoms with E-state index in [4.69, 9.17) is 11.6 Å². The molecule has 1 aromatic heterocycles. The van der Waals surface area contributed by atoms with Gasteiger partial charge >= 0.3 is 0 Å². The minimum absolute atomic E-state index is 0.238.